The van der Waals surface area contributed by atoms with Crippen molar-refractivity contribution in [2.24, 2.45) is 4.99 Å². The highest BCUT2D eigenvalue weighted by Crippen LogP contribution is 2.29. The largest absolute Gasteiger partial charge is 0.497 e. The van der Waals surface area contributed by atoms with E-state index < -0.39 is 6.10 Å². The molecule has 1 unspecified atom stereocenters. The van der Waals surface area contributed by atoms with Crippen molar-refractivity contribution in [3.8, 4) is 11.5 Å². The van der Waals surface area contributed by atoms with Crippen molar-refractivity contribution < 1.29 is 14.6 Å². The molecule has 0 saturated heterocycles. The zero-order chi connectivity index (χ0) is 17.1. The van der Waals surface area contributed by atoms with Crippen LogP contribution in [0.25, 0.3) is 0 Å². The number of rotatable bonds is 9. The number of benzene rings is 1. The first-order valence-electron chi connectivity index (χ1n) is 8.08. The maximum Gasteiger partial charge on any atom is 0.191 e. The van der Waals surface area contributed by atoms with Gasteiger partial charge >= 0.3 is 0 Å². The molecule has 0 spiro atoms. The van der Waals surface area contributed by atoms with Gasteiger partial charge in [-0.15, -0.1) is 24.0 Å². The van der Waals surface area contributed by atoms with Crippen LogP contribution in [0.4, 0.5) is 0 Å². The van der Waals surface area contributed by atoms with Crippen molar-refractivity contribution in [1.82, 2.24) is 10.6 Å². The Morgan fingerprint density at radius 3 is 2.54 bits per heavy atom. The van der Waals surface area contributed by atoms with Gasteiger partial charge in [-0.25, -0.2) is 0 Å². The second-order valence-corrected chi connectivity index (χ2v) is 5.12. The summed E-state index contributed by atoms with van der Waals surface area (Å²) in [6.07, 6.45) is 1.44. The highest BCUT2D eigenvalue weighted by atomic mass is 127. The van der Waals surface area contributed by atoms with Crippen LogP contribution in [0.15, 0.2) is 23.2 Å². The van der Waals surface area contributed by atoms with Crippen LogP contribution in [0.5, 0.6) is 11.5 Å². The second-order valence-electron chi connectivity index (χ2n) is 5.12. The molecule has 0 saturated carbocycles. The van der Waals surface area contributed by atoms with Gasteiger partial charge in [0.05, 0.1) is 20.8 Å². The molecule has 0 aromatic heterocycles. The van der Waals surface area contributed by atoms with Crippen molar-refractivity contribution in [3.05, 3.63) is 23.8 Å². The average molecular weight is 451 g/mol. The number of guanidine groups is 1. The lowest BCUT2D eigenvalue weighted by atomic mass is 10.1. The molecule has 0 radical (unpaired) electrons. The van der Waals surface area contributed by atoms with Gasteiger partial charge in [-0.2, -0.15) is 0 Å². The van der Waals surface area contributed by atoms with E-state index in [-0.39, 0.29) is 30.5 Å². The Hall–Kier alpha value is -1.22. The third-order valence-corrected chi connectivity index (χ3v) is 3.39. The lowest BCUT2D eigenvalue weighted by Gasteiger charge is -2.16. The van der Waals surface area contributed by atoms with Crippen molar-refractivity contribution in [2.45, 2.75) is 32.8 Å². The molecular formula is C17H30IN3O3. The van der Waals surface area contributed by atoms with Gasteiger partial charge in [0.25, 0.3) is 0 Å². The molecule has 0 amide bonds. The summed E-state index contributed by atoms with van der Waals surface area (Å²) in [5.41, 5.74) is 0.667. The lowest BCUT2D eigenvalue weighted by Crippen LogP contribution is -2.38. The molecule has 0 aliphatic rings. The van der Waals surface area contributed by atoms with Gasteiger partial charge in [0, 0.05) is 18.7 Å². The Bertz CT molecular complexity index is 498. The quantitative estimate of drug-likeness (QED) is 0.233. The van der Waals surface area contributed by atoms with Crippen LogP contribution in [-0.4, -0.2) is 44.9 Å². The predicted molar refractivity (Wildman–Crippen MR) is 109 cm³/mol. The summed E-state index contributed by atoms with van der Waals surface area (Å²) < 4.78 is 10.5. The number of hydrogen-bond donors (Lipinski definition) is 3. The van der Waals surface area contributed by atoms with Gasteiger partial charge in [0.1, 0.15) is 17.6 Å². The van der Waals surface area contributed by atoms with Gasteiger partial charge in [-0.1, -0.05) is 13.3 Å². The van der Waals surface area contributed by atoms with Crippen LogP contribution in [-0.2, 0) is 0 Å². The maximum atomic E-state index is 10.4. The highest BCUT2D eigenvalue weighted by molar-refractivity contribution is 14.0. The fourth-order valence-electron chi connectivity index (χ4n) is 2.10. The number of hydrogen-bond acceptors (Lipinski definition) is 4. The molecule has 1 rings (SSSR count). The summed E-state index contributed by atoms with van der Waals surface area (Å²) in [6, 6.07) is 5.36. The van der Waals surface area contributed by atoms with Crippen LogP contribution in [0, 0.1) is 0 Å². The van der Waals surface area contributed by atoms with Crippen molar-refractivity contribution in [2.75, 3.05) is 33.9 Å². The molecule has 24 heavy (non-hydrogen) atoms. The second kappa shape index (κ2) is 13.1. The molecule has 0 fully saturated rings. The number of aliphatic imine (C=N–C) groups is 1. The number of nitrogens with zero attached hydrogens (tertiary/aromatic N) is 1. The zero-order valence-electron chi connectivity index (χ0n) is 15.0. The molecule has 3 N–H and O–H groups in total. The minimum absolute atomic E-state index is 0. The third-order valence-electron chi connectivity index (χ3n) is 3.39. The average Bonchev–Trinajstić information content (AvgIpc) is 2.58. The zero-order valence-corrected chi connectivity index (χ0v) is 17.3. The Morgan fingerprint density at radius 2 is 1.96 bits per heavy atom. The predicted octanol–water partition coefficient (Wildman–Crippen LogP) is 2.71. The Labute approximate surface area is 162 Å². The van der Waals surface area contributed by atoms with Gasteiger partial charge < -0.3 is 25.2 Å². The summed E-state index contributed by atoms with van der Waals surface area (Å²) in [5, 5.41) is 16.9. The monoisotopic (exact) mass is 451 g/mol. The van der Waals surface area contributed by atoms with E-state index in [1.54, 1.807) is 32.4 Å². The van der Waals surface area contributed by atoms with E-state index in [1.807, 2.05) is 6.92 Å². The number of nitrogens with one attached hydrogen (secondary N) is 2. The van der Waals surface area contributed by atoms with Crippen molar-refractivity contribution >= 4 is 29.9 Å². The van der Waals surface area contributed by atoms with E-state index in [0.29, 0.717) is 23.0 Å². The normalized spacial score (nSPS) is 12.1. The summed E-state index contributed by atoms with van der Waals surface area (Å²) in [5.74, 6) is 2.01. The van der Waals surface area contributed by atoms with Crippen LogP contribution in [0.1, 0.15) is 38.4 Å². The van der Waals surface area contributed by atoms with Gasteiger partial charge in [-0.05, 0) is 31.5 Å². The van der Waals surface area contributed by atoms with Crippen molar-refractivity contribution in [1.29, 1.82) is 0 Å². The minimum atomic E-state index is -0.762. The number of aliphatic hydroxyl groups excluding tert-OH is 1. The Kier molecular flexibility index (Phi) is 12.4. The highest BCUT2D eigenvalue weighted by Gasteiger charge is 2.14. The minimum Gasteiger partial charge on any atom is -0.497 e. The van der Waals surface area contributed by atoms with Crippen LogP contribution >= 0.6 is 24.0 Å². The van der Waals surface area contributed by atoms with E-state index >= 15 is 0 Å². The Balaban J connectivity index is 0.00000529. The molecule has 7 heteroatoms. The van der Waals surface area contributed by atoms with Crippen molar-refractivity contribution in [3.63, 3.8) is 0 Å². The number of methoxy groups -OCH3 is 2. The SMILES string of the molecule is CCCCNC(=NCC(O)c1cc(OC)ccc1OC)NCC.I. The van der Waals surface area contributed by atoms with E-state index in [1.165, 1.54) is 0 Å². The molecule has 1 aromatic rings. The van der Waals surface area contributed by atoms with Crippen LogP contribution in [0.2, 0.25) is 0 Å². The first kappa shape index (κ1) is 22.8. The molecule has 1 aromatic carbocycles. The topological polar surface area (TPSA) is 75.1 Å². The maximum absolute atomic E-state index is 10.4. The molecule has 0 heterocycles. The van der Waals surface area contributed by atoms with Gasteiger partial charge in [0.2, 0.25) is 0 Å². The molecule has 0 aliphatic carbocycles. The summed E-state index contributed by atoms with van der Waals surface area (Å²) in [7, 11) is 3.18. The summed E-state index contributed by atoms with van der Waals surface area (Å²) in [6.45, 7) is 6.03. The van der Waals surface area contributed by atoms with Crippen LogP contribution in [0.3, 0.4) is 0 Å². The fraction of sp³-hybridized carbons (Fsp3) is 0.588. The molecular weight excluding hydrogens is 421 g/mol. The molecule has 6 nitrogen and oxygen atoms in total. The third kappa shape index (κ3) is 7.57. The molecule has 0 bridgehead atoms. The first-order valence-corrected chi connectivity index (χ1v) is 8.08. The fourth-order valence-corrected chi connectivity index (χ4v) is 2.10. The van der Waals surface area contributed by atoms with Gasteiger partial charge in [0.15, 0.2) is 5.96 Å². The van der Waals surface area contributed by atoms with E-state index in [4.69, 9.17) is 9.47 Å². The number of halogens is 1. The molecule has 1 atom stereocenters. The number of aliphatic hydroxyl groups is 1. The van der Waals surface area contributed by atoms with E-state index in [0.717, 1.165) is 25.9 Å². The first-order chi connectivity index (χ1) is 11.2. The smallest absolute Gasteiger partial charge is 0.191 e. The molecule has 0 aliphatic heterocycles. The van der Waals surface area contributed by atoms with E-state index in [9.17, 15) is 5.11 Å². The van der Waals surface area contributed by atoms with Gasteiger partial charge in [-0.3, -0.25) is 4.99 Å². The molecule has 138 valence electrons. The van der Waals surface area contributed by atoms with Crippen LogP contribution < -0.4 is 20.1 Å². The Morgan fingerprint density at radius 1 is 1.21 bits per heavy atom. The summed E-state index contributed by atoms with van der Waals surface area (Å²) in [4.78, 5) is 4.44. The number of unbranched alkanes of at least 4 members (excludes halogenated alkanes) is 1. The summed E-state index contributed by atoms with van der Waals surface area (Å²) >= 11 is 0. The number of ether oxygens (including phenoxy) is 2. The standard InChI is InChI=1S/C17H29N3O3.HI/c1-5-7-10-19-17(18-6-2)20-12-15(21)14-11-13(22-3)8-9-16(14)23-4;/h8-9,11,15,21H,5-7,10,12H2,1-4H3,(H2,18,19,20);1H. The lowest BCUT2D eigenvalue weighted by molar-refractivity contribution is 0.182. The van der Waals surface area contributed by atoms with E-state index in [2.05, 4.69) is 22.5 Å².